The monoisotopic (exact) mass is 612 g/mol. The van der Waals surface area contributed by atoms with Crippen molar-refractivity contribution in [2.75, 3.05) is 6.54 Å². The van der Waals surface area contributed by atoms with Crippen molar-refractivity contribution < 1.29 is 22.7 Å². The van der Waals surface area contributed by atoms with E-state index in [2.05, 4.69) is 20.7 Å². The van der Waals surface area contributed by atoms with E-state index in [0.29, 0.717) is 29.8 Å². The topological polar surface area (TPSA) is 96.7 Å². The van der Waals surface area contributed by atoms with Gasteiger partial charge in [-0.15, -0.1) is 0 Å². The summed E-state index contributed by atoms with van der Waals surface area (Å²) in [5.41, 5.74) is 4.74. The maximum Gasteiger partial charge on any atom is 0.253 e. The highest BCUT2D eigenvalue weighted by atomic mass is 79.9. The van der Waals surface area contributed by atoms with Crippen LogP contribution in [0.15, 0.2) is 83.5 Å². The van der Waals surface area contributed by atoms with E-state index in [-0.39, 0.29) is 18.3 Å². The summed E-state index contributed by atoms with van der Waals surface area (Å²) < 4.78 is 44.8. The van der Waals surface area contributed by atoms with Gasteiger partial charge in [-0.05, 0) is 73.0 Å². The van der Waals surface area contributed by atoms with E-state index in [9.17, 15) is 13.4 Å². The number of benzene rings is 3. The average molecular weight is 614 g/mol. The summed E-state index contributed by atoms with van der Waals surface area (Å²) in [6.07, 6.45) is 1.15. The van der Waals surface area contributed by atoms with Crippen LogP contribution in [0.2, 0.25) is 0 Å². The van der Waals surface area contributed by atoms with Crippen molar-refractivity contribution in [2.24, 2.45) is 0 Å². The highest BCUT2D eigenvalue weighted by molar-refractivity contribution is 9.10. The second-order valence-electron chi connectivity index (χ2n) is 9.16. The Morgan fingerprint density at radius 3 is 2.38 bits per heavy atom. The van der Waals surface area contributed by atoms with E-state index in [1.165, 1.54) is 12.1 Å². The zero-order valence-corrected chi connectivity index (χ0v) is 23.4. The zero-order valence-electron chi connectivity index (χ0n) is 21.0. The molecule has 3 atom stereocenters. The average Bonchev–Trinajstić information content (AvgIpc) is 3.49. The SMILES string of the molecule is C[C@H]1O[C@@H](c2cn(-c3ccc(Br)cc3)nc2-c2ccc(F)cc2)N(CCc2ccc(CNS(=O)O)cc2)C1=O. The number of nitrogens with one attached hydrogen (secondary N) is 1. The summed E-state index contributed by atoms with van der Waals surface area (Å²) in [7, 11) is 0. The lowest BCUT2D eigenvalue weighted by Crippen LogP contribution is -2.32. The minimum absolute atomic E-state index is 0.118. The first-order valence-corrected chi connectivity index (χ1v) is 14.2. The van der Waals surface area contributed by atoms with Gasteiger partial charge in [0.05, 0.1) is 5.69 Å². The number of rotatable bonds is 9. The van der Waals surface area contributed by atoms with Gasteiger partial charge in [0.2, 0.25) is 11.3 Å². The van der Waals surface area contributed by atoms with Crippen molar-refractivity contribution in [1.82, 2.24) is 19.4 Å². The first-order valence-electron chi connectivity index (χ1n) is 12.3. The third-order valence-corrected chi connectivity index (χ3v) is 7.45. The Balaban J connectivity index is 1.43. The van der Waals surface area contributed by atoms with Crippen LogP contribution in [-0.2, 0) is 33.8 Å². The van der Waals surface area contributed by atoms with Gasteiger partial charge in [-0.25, -0.2) is 18.0 Å². The lowest BCUT2D eigenvalue weighted by Gasteiger charge is -2.23. The molecule has 1 fully saturated rings. The summed E-state index contributed by atoms with van der Waals surface area (Å²) in [5.74, 6) is -0.464. The number of hydrogen-bond acceptors (Lipinski definition) is 4. The summed E-state index contributed by atoms with van der Waals surface area (Å²) in [5, 5.41) is 4.81. The third-order valence-electron chi connectivity index (χ3n) is 6.53. The largest absolute Gasteiger partial charge is 0.341 e. The molecule has 1 aliphatic rings. The Morgan fingerprint density at radius 2 is 1.72 bits per heavy atom. The quantitative estimate of drug-likeness (QED) is 0.255. The van der Waals surface area contributed by atoms with Gasteiger partial charge in [-0.2, -0.15) is 5.10 Å². The summed E-state index contributed by atoms with van der Waals surface area (Å²) >= 11 is 1.38. The molecule has 0 bridgehead atoms. The molecule has 39 heavy (non-hydrogen) atoms. The van der Waals surface area contributed by atoms with Gasteiger partial charge in [-0.1, -0.05) is 40.2 Å². The van der Waals surface area contributed by atoms with E-state index in [4.69, 9.17) is 14.4 Å². The second-order valence-corrected chi connectivity index (χ2v) is 10.9. The number of amides is 1. The van der Waals surface area contributed by atoms with Crippen molar-refractivity contribution in [3.05, 3.63) is 106 Å². The number of hydrogen-bond donors (Lipinski definition) is 2. The Labute approximate surface area is 236 Å². The molecule has 8 nitrogen and oxygen atoms in total. The molecule has 1 unspecified atom stereocenters. The summed E-state index contributed by atoms with van der Waals surface area (Å²) in [4.78, 5) is 14.9. The fourth-order valence-corrected chi connectivity index (χ4v) is 5.04. The van der Waals surface area contributed by atoms with Crippen LogP contribution in [0.5, 0.6) is 0 Å². The minimum atomic E-state index is -2.07. The minimum Gasteiger partial charge on any atom is -0.341 e. The molecule has 11 heteroatoms. The van der Waals surface area contributed by atoms with Crippen LogP contribution < -0.4 is 4.72 Å². The summed E-state index contributed by atoms with van der Waals surface area (Å²) in [6, 6.07) is 21.4. The highest BCUT2D eigenvalue weighted by Crippen LogP contribution is 2.37. The number of carbonyl (C=O) groups is 1. The van der Waals surface area contributed by atoms with Crippen LogP contribution in [0, 0.1) is 5.82 Å². The van der Waals surface area contributed by atoms with Crippen molar-refractivity contribution in [1.29, 1.82) is 0 Å². The standard InChI is InChI=1S/C28H26BrFN4O4S/c1-18-27(35)33(15-14-19-2-4-20(5-3-19)16-31-39(36)37)28(38-18)25-17-34(24-12-8-22(29)9-13-24)32-26(25)21-6-10-23(30)11-7-21/h2-13,17-18,28,31H,14-16H2,1H3,(H,36,37)/t18-,28+/m1/s1. The van der Waals surface area contributed by atoms with E-state index in [1.54, 1.807) is 28.6 Å². The molecule has 1 aliphatic heterocycles. The van der Waals surface area contributed by atoms with Crippen LogP contribution >= 0.6 is 15.9 Å². The molecule has 0 saturated carbocycles. The maximum absolute atomic E-state index is 13.7. The molecular weight excluding hydrogens is 587 g/mol. The van der Waals surface area contributed by atoms with Gasteiger partial charge in [0, 0.05) is 34.9 Å². The van der Waals surface area contributed by atoms with Crippen LogP contribution in [-0.4, -0.2) is 42.0 Å². The van der Waals surface area contributed by atoms with Gasteiger partial charge < -0.3 is 9.64 Å². The normalized spacial score (nSPS) is 18.1. The van der Waals surface area contributed by atoms with Gasteiger partial charge in [0.25, 0.3) is 5.91 Å². The van der Waals surface area contributed by atoms with E-state index < -0.39 is 23.6 Å². The number of carbonyl (C=O) groups excluding carboxylic acids is 1. The molecule has 1 aromatic heterocycles. The number of nitrogens with zero attached hydrogens (tertiary/aromatic N) is 3. The molecule has 0 aliphatic carbocycles. The lowest BCUT2D eigenvalue weighted by atomic mass is 10.1. The van der Waals surface area contributed by atoms with Crippen LogP contribution in [0.3, 0.4) is 0 Å². The van der Waals surface area contributed by atoms with Crippen LogP contribution in [0.25, 0.3) is 16.9 Å². The fraction of sp³-hybridized carbons (Fsp3) is 0.214. The van der Waals surface area contributed by atoms with Crippen molar-refractivity contribution >= 4 is 33.1 Å². The van der Waals surface area contributed by atoms with E-state index in [0.717, 1.165) is 21.3 Å². The molecule has 202 valence electrons. The Hall–Kier alpha value is -3.22. The van der Waals surface area contributed by atoms with Gasteiger partial charge >= 0.3 is 0 Å². The molecule has 0 spiro atoms. The number of halogens is 2. The van der Waals surface area contributed by atoms with Crippen molar-refractivity contribution in [3.63, 3.8) is 0 Å². The highest BCUT2D eigenvalue weighted by Gasteiger charge is 2.40. The predicted octanol–water partition coefficient (Wildman–Crippen LogP) is 5.16. The van der Waals surface area contributed by atoms with E-state index in [1.807, 2.05) is 54.7 Å². The van der Waals surface area contributed by atoms with Crippen molar-refractivity contribution in [3.8, 4) is 16.9 Å². The smallest absolute Gasteiger partial charge is 0.253 e. The maximum atomic E-state index is 13.7. The predicted molar refractivity (Wildman–Crippen MR) is 149 cm³/mol. The second kappa shape index (κ2) is 11.9. The van der Waals surface area contributed by atoms with Crippen LogP contribution in [0.4, 0.5) is 4.39 Å². The van der Waals surface area contributed by atoms with Gasteiger partial charge in [0.15, 0.2) is 6.23 Å². The first-order chi connectivity index (χ1) is 18.8. The molecular formula is C28H26BrFN4O4S. The van der Waals surface area contributed by atoms with Crippen molar-refractivity contribution in [2.45, 2.75) is 32.2 Å². The molecule has 2 N–H and O–H groups in total. The van der Waals surface area contributed by atoms with Gasteiger partial charge in [-0.3, -0.25) is 9.35 Å². The Kier molecular flexibility index (Phi) is 8.34. The van der Waals surface area contributed by atoms with Crippen LogP contribution in [0.1, 0.15) is 29.8 Å². The molecule has 0 radical (unpaired) electrons. The molecule has 5 rings (SSSR count). The molecule has 1 saturated heterocycles. The molecule has 2 heterocycles. The molecule has 4 aromatic rings. The number of aromatic nitrogens is 2. The third kappa shape index (κ3) is 6.34. The Morgan fingerprint density at radius 1 is 1.05 bits per heavy atom. The summed E-state index contributed by atoms with van der Waals surface area (Å²) in [6.45, 7) is 2.42. The zero-order chi connectivity index (χ0) is 27.5. The number of ether oxygens (including phenoxy) is 1. The fourth-order valence-electron chi connectivity index (χ4n) is 4.49. The van der Waals surface area contributed by atoms with Gasteiger partial charge in [0.1, 0.15) is 17.6 Å². The molecule has 3 aromatic carbocycles. The first kappa shape index (κ1) is 27.4. The lowest BCUT2D eigenvalue weighted by molar-refractivity contribution is -0.130. The Bertz CT molecular complexity index is 1480. The molecule has 1 amide bonds. The van der Waals surface area contributed by atoms with E-state index >= 15 is 0 Å².